The van der Waals surface area contributed by atoms with Gasteiger partial charge in [0, 0.05) is 30.1 Å². The fraction of sp³-hybridized carbons (Fsp3) is 0.381. The van der Waals surface area contributed by atoms with Gasteiger partial charge in [0.1, 0.15) is 23.6 Å². The first kappa shape index (κ1) is 17.3. The number of benzene rings is 1. The molecule has 0 N–H and O–H groups in total. The van der Waals surface area contributed by atoms with E-state index in [1.165, 1.54) is 11.3 Å². The lowest BCUT2D eigenvalue weighted by atomic mass is 10.2. The normalized spacial score (nSPS) is 11.0. The van der Waals surface area contributed by atoms with Crippen molar-refractivity contribution < 1.29 is 9.47 Å². The second-order valence-corrected chi connectivity index (χ2v) is 6.20. The summed E-state index contributed by atoms with van der Waals surface area (Å²) in [5.74, 6) is 1.76. The zero-order chi connectivity index (χ0) is 17.8. The van der Waals surface area contributed by atoms with Crippen LogP contribution in [-0.2, 0) is 13.2 Å². The third kappa shape index (κ3) is 3.34. The highest BCUT2D eigenvalue weighted by Gasteiger charge is 2.16. The quantitative estimate of drug-likeness (QED) is 0.605. The van der Waals surface area contributed by atoms with Gasteiger partial charge >= 0.3 is 0 Å². The van der Waals surface area contributed by atoms with E-state index in [-0.39, 0.29) is 0 Å². The molecule has 2 heterocycles. The Balaban J connectivity index is 1.96. The number of hydrogen-bond donors (Lipinski definition) is 0. The van der Waals surface area contributed by atoms with E-state index < -0.39 is 0 Å². The van der Waals surface area contributed by atoms with Crippen LogP contribution in [0.1, 0.15) is 37.1 Å². The van der Waals surface area contributed by atoms with Crippen LogP contribution in [0.15, 0.2) is 36.5 Å². The van der Waals surface area contributed by atoms with E-state index in [0.717, 1.165) is 41.1 Å². The van der Waals surface area contributed by atoms with E-state index in [4.69, 9.17) is 9.47 Å². The minimum atomic E-state index is 0.477. The van der Waals surface area contributed by atoms with Gasteiger partial charge in [-0.2, -0.15) is 0 Å². The summed E-state index contributed by atoms with van der Waals surface area (Å²) in [6.07, 6.45) is 2.90. The molecule has 4 nitrogen and oxygen atoms in total. The summed E-state index contributed by atoms with van der Waals surface area (Å²) in [6.45, 7) is 10.6. The molecule has 0 unspecified atom stereocenters. The lowest BCUT2D eigenvalue weighted by Crippen LogP contribution is -2.04. The van der Waals surface area contributed by atoms with Crippen LogP contribution in [0, 0.1) is 13.8 Å². The molecule has 3 rings (SSSR count). The molecule has 0 spiro atoms. The van der Waals surface area contributed by atoms with Gasteiger partial charge in [-0.05, 0) is 38.8 Å². The molecule has 3 aromatic rings. The minimum Gasteiger partial charge on any atom is -0.493 e. The first-order valence-electron chi connectivity index (χ1n) is 8.95. The maximum atomic E-state index is 6.21. The molecule has 0 fully saturated rings. The van der Waals surface area contributed by atoms with Crippen LogP contribution in [0.4, 0.5) is 0 Å². The SMILES string of the molecule is CCCn1c(C)c(C)c2nccc(OCc3ccccc3OCC)c21. The molecular weight excluding hydrogens is 312 g/mol. The summed E-state index contributed by atoms with van der Waals surface area (Å²) < 4.78 is 14.2. The van der Waals surface area contributed by atoms with Gasteiger partial charge in [0.2, 0.25) is 0 Å². The van der Waals surface area contributed by atoms with E-state index in [1.807, 2.05) is 43.5 Å². The smallest absolute Gasteiger partial charge is 0.147 e. The van der Waals surface area contributed by atoms with Crippen LogP contribution in [0.5, 0.6) is 11.5 Å². The van der Waals surface area contributed by atoms with E-state index in [9.17, 15) is 0 Å². The van der Waals surface area contributed by atoms with Gasteiger partial charge in [-0.3, -0.25) is 4.98 Å². The monoisotopic (exact) mass is 338 g/mol. The summed E-state index contributed by atoms with van der Waals surface area (Å²) >= 11 is 0. The molecule has 0 aliphatic carbocycles. The average Bonchev–Trinajstić information content (AvgIpc) is 2.87. The fourth-order valence-corrected chi connectivity index (χ4v) is 3.21. The molecular formula is C21H26N2O2. The Morgan fingerprint density at radius 1 is 1.00 bits per heavy atom. The van der Waals surface area contributed by atoms with Gasteiger partial charge in [-0.15, -0.1) is 0 Å². The molecule has 0 aliphatic heterocycles. The number of aromatic nitrogens is 2. The predicted molar refractivity (Wildman–Crippen MR) is 101 cm³/mol. The highest BCUT2D eigenvalue weighted by atomic mass is 16.5. The fourth-order valence-electron chi connectivity index (χ4n) is 3.21. The van der Waals surface area contributed by atoms with Crippen LogP contribution in [0.25, 0.3) is 11.0 Å². The highest BCUT2D eigenvalue weighted by Crippen LogP contribution is 2.32. The predicted octanol–water partition coefficient (Wildman–Crippen LogP) is 5.04. The topological polar surface area (TPSA) is 36.3 Å². The molecule has 0 amide bonds. The van der Waals surface area contributed by atoms with Crippen molar-refractivity contribution in [1.82, 2.24) is 9.55 Å². The summed E-state index contributed by atoms with van der Waals surface area (Å²) in [5, 5.41) is 0. The number of aryl methyl sites for hydroxylation is 2. The number of rotatable bonds is 7. The maximum absolute atomic E-state index is 6.21. The summed E-state index contributed by atoms with van der Waals surface area (Å²) in [6, 6.07) is 9.98. The van der Waals surface area contributed by atoms with E-state index >= 15 is 0 Å². The van der Waals surface area contributed by atoms with Crippen LogP contribution >= 0.6 is 0 Å². The average molecular weight is 338 g/mol. The van der Waals surface area contributed by atoms with Gasteiger partial charge in [-0.25, -0.2) is 0 Å². The van der Waals surface area contributed by atoms with E-state index in [2.05, 4.69) is 30.3 Å². The second-order valence-electron chi connectivity index (χ2n) is 6.20. The first-order valence-corrected chi connectivity index (χ1v) is 8.95. The molecule has 2 aromatic heterocycles. The number of para-hydroxylation sites is 1. The van der Waals surface area contributed by atoms with Crippen molar-refractivity contribution in [2.75, 3.05) is 6.61 Å². The van der Waals surface area contributed by atoms with Crippen LogP contribution in [0.2, 0.25) is 0 Å². The van der Waals surface area contributed by atoms with Crippen molar-refractivity contribution in [3.05, 3.63) is 53.3 Å². The number of hydrogen-bond acceptors (Lipinski definition) is 3. The van der Waals surface area contributed by atoms with E-state index in [1.54, 1.807) is 0 Å². The summed E-state index contributed by atoms with van der Waals surface area (Å²) in [5.41, 5.74) is 5.66. The van der Waals surface area contributed by atoms with Gasteiger partial charge < -0.3 is 14.0 Å². The number of nitrogens with zero attached hydrogens (tertiary/aromatic N) is 2. The lowest BCUT2D eigenvalue weighted by Gasteiger charge is -2.13. The third-order valence-corrected chi connectivity index (χ3v) is 4.56. The van der Waals surface area contributed by atoms with Crippen molar-refractivity contribution in [3.8, 4) is 11.5 Å². The lowest BCUT2D eigenvalue weighted by molar-refractivity contribution is 0.288. The van der Waals surface area contributed by atoms with Gasteiger partial charge in [0.15, 0.2) is 0 Å². The van der Waals surface area contributed by atoms with Crippen molar-refractivity contribution in [3.63, 3.8) is 0 Å². The largest absolute Gasteiger partial charge is 0.493 e. The van der Waals surface area contributed by atoms with Crippen LogP contribution in [0.3, 0.4) is 0 Å². The molecule has 25 heavy (non-hydrogen) atoms. The molecule has 1 aromatic carbocycles. The molecule has 132 valence electrons. The Bertz CT molecular complexity index is 868. The van der Waals surface area contributed by atoms with E-state index in [0.29, 0.717) is 13.2 Å². The van der Waals surface area contributed by atoms with Crippen molar-refractivity contribution >= 4 is 11.0 Å². The molecule has 0 atom stereocenters. The van der Waals surface area contributed by atoms with Crippen LogP contribution < -0.4 is 9.47 Å². The Morgan fingerprint density at radius 2 is 1.80 bits per heavy atom. The second kappa shape index (κ2) is 7.60. The molecule has 0 aliphatic rings. The van der Waals surface area contributed by atoms with Crippen molar-refractivity contribution in [1.29, 1.82) is 0 Å². The number of ether oxygens (including phenoxy) is 2. The zero-order valence-corrected chi connectivity index (χ0v) is 15.5. The maximum Gasteiger partial charge on any atom is 0.147 e. The van der Waals surface area contributed by atoms with Crippen molar-refractivity contribution in [2.45, 2.75) is 47.3 Å². The summed E-state index contributed by atoms with van der Waals surface area (Å²) in [7, 11) is 0. The minimum absolute atomic E-state index is 0.477. The standard InChI is InChI=1S/C21H26N2O2/c1-5-13-23-16(4)15(3)20-21(23)19(11-12-22-20)25-14-17-9-7-8-10-18(17)24-6-2/h7-12H,5-6,13-14H2,1-4H3. The molecule has 0 saturated carbocycles. The summed E-state index contributed by atoms with van der Waals surface area (Å²) in [4.78, 5) is 4.58. The zero-order valence-electron chi connectivity index (χ0n) is 15.5. The Morgan fingerprint density at radius 3 is 2.56 bits per heavy atom. The van der Waals surface area contributed by atoms with Crippen LogP contribution in [-0.4, -0.2) is 16.2 Å². The Hall–Kier alpha value is -2.49. The molecule has 0 radical (unpaired) electrons. The number of fused-ring (bicyclic) bond motifs is 1. The molecule has 0 bridgehead atoms. The van der Waals surface area contributed by atoms with Gasteiger partial charge in [0.05, 0.1) is 12.1 Å². The Kier molecular flexibility index (Phi) is 5.27. The van der Waals surface area contributed by atoms with Gasteiger partial charge in [0.25, 0.3) is 0 Å². The molecule has 0 saturated heterocycles. The van der Waals surface area contributed by atoms with Crippen molar-refractivity contribution in [2.24, 2.45) is 0 Å². The Labute approximate surface area is 149 Å². The molecule has 4 heteroatoms. The third-order valence-electron chi connectivity index (χ3n) is 4.56. The van der Waals surface area contributed by atoms with Gasteiger partial charge in [-0.1, -0.05) is 25.1 Å². The first-order chi connectivity index (χ1) is 12.2. The highest BCUT2D eigenvalue weighted by molar-refractivity contribution is 5.86. The number of pyridine rings is 1.